The van der Waals surface area contributed by atoms with Gasteiger partial charge in [0.25, 0.3) is 15.9 Å². The number of hydrogen-bond acceptors (Lipinski definition) is 3. The molecule has 0 bridgehead atoms. The van der Waals surface area contributed by atoms with E-state index in [1.807, 2.05) is 39.0 Å². The maximum absolute atomic E-state index is 13.7. The number of carbonyl (C=O) groups is 1. The van der Waals surface area contributed by atoms with Gasteiger partial charge in [-0.25, -0.2) is 8.42 Å². The zero-order chi connectivity index (χ0) is 25.9. The predicted octanol–water partition coefficient (Wildman–Crippen LogP) is 6.91. The summed E-state index contributed by atoms with van der Waals surface area (Å²) in [6, 6.07) is 26.3. The Morgan fingerprint density at radius 3 is 2.11 bits per heavy atom. The van der Waals surface area contributed by atoms with Gasteiger partial charge in [-0.3, -0.25) is 9.10 Å². The molecule has 5 nitrogen and oxygen atoms in total. The Bertz CT molecular complexity index is 1480. The number of rotatable bonds is 7. The number of anilines is 2. The molecule has 0 aliphatic heterocycles. The monoisotopic (exact) mass is 518 g/mol. The molecule has 0 saturated carbocycles. The van der Waals surface area contributed by atoms with Crippen molar-refractivity contribution in [3.05, 3.63) is 124 Å². The number of nitrogens with zero attached hydrogens (tertiary/aromatic N) is 1. The third kappa shape index (κ3) is 5.78. The van der Waals surface area contributed by atoms with Crippen LogP contribution < -0.4 is 9.62 Å². The standard InChI is InChI=1S/C29H27ClN2O3S/c1-20-15-21(2)17-26(16-20)31-29(33)24-12-10-23(11-13-24)19-32(28-18-25(30)14-9-22(28)3)36(34,35)27-7-5-4-6-8-27/h4-18H,19H2,1-3H3,(H,31,33). The van der Waals surface area contributed by atoms with Crippen molar-refractivity contribution in [2.24, 2.45) is 0 Å². The molecule has 36 heavy (non-hydrogen) atoms. The van der Waals surface area contributed by atoms with Crippen molar-refractivity contribution >= 4 is 38.9 Å². The third-order valence-electron chi connectivity index (χ3n) is 5.79. The summed E-state index contributed by atoms with van der Waals surface area (Å²) in [4.78, 5) is 13.0. The number of nitrogens with one attached hydrogen (secondary N) is 1. The van der Waals surface area contributed by atoms with Crippen LogP contribution in [0, 0.1) is 20.8 Å². The molecule has 0 atom stereocenters. The molecule has 1 N–H and O–H groups in total. The van der Waals surface area contributed by atoms with Crippen molar-refractivity contribution < 1.29 is 13.2 Å². The van der Waals surface area contributed by atoms with Gasteiger partial charge in [-0.05, 0) is 91.6 Å². The summed E-state index contributed by atoms with van der Waals surface area (Å²) in [5.74, 6) is -0.231. The Balaban J connectivity index is 1.63. The Morgan fingerprint density at radius 2 is 1.47 bits per heavy atom. The largest absolute Gasteiger partial charge is 0.322 e. The smallest absolute Gasteiger partial charge is 0.264 e. The highest BCUT2D eigenvalue weighted by Crippen LogP contribution is 2.31. The number of benzene rings is 4. The summed E-state index contributed by atoms with van der Waals surface area (Å²) >= 11 is 6.24. The number of aryl methyl sites for hydroxylation is 3. The molecule has 7 heteroatoms. The quantitative estimate of drug-likeness (QED) is 0.289. The first-order chi connectivity index (χ1) is 17.1. The van der Waals surface area contributed by atoms with Gasteiger partial charge in [0, 0.05) is 16.3 Å². The molecule has 0 aliphatic carbocycles. The lowest BCUT2D eigenvalue weighted by Gasteiger charge is -2.26. The highest BCUT2D eigenvalue weighted by atomic mass is 35.5. The Morgan fingerprint density at radius 1 is 0.833 bits per heavy atom. The lowest BCUT2D eigenvalue weighted by Crippen LogP contribution is -2.31. The van der Waals surface area contributed by atoms with Crippen LogP contribution in [0.25, 0.3) is 0 Å². The molecule has 0 aliphatic rings. The fourth-order valence-corrected chi connectivity index (χ4v) is 5.74. The minimum atomic E-state index is -3.87. The number of sulfonamides is 1. The second kappa shape index (κ2) is 10.6. The summed E-state index contributed by atoms with van der Waals surface area (Å²) in [5.41, 5.74) is 5.36. The van der Waals surface area contributed by atoms with E-state index in [9.17, 15) is 13.2 Å². The summed E-state index contributed by atoms with van der Waals surface area (Å²) in [6.45, 7) is 5.89. The van der Waals surface area contributed by atoms with E-state index in [1.54, 1.807) is 72.8 Å². The van der Waals surface area contributed by atoms with Gasteiger partial charge in [0.05, 0.1) is 17.1 Å². The third-order valence-corrected chi connectivity index (χ3v) is 7.80. The Hall–Kier alpha value is -3.61. The maximum atomic E-state index is 13.7. The van der Waals surface area contributed by atoms with Gasteiger partial charge in [0.1, 0.15) is 0 Å². The molecular weight excluding hydrogens is 492 g/mol. The van der Waals surface area contributed by atoms with Gasteiger partial charge in [0.15, 0.2) is 0 Å². The molecule has 4 aromatic rings. The summed E-state index contributed by atoms with van der Waals surface area (Å²) < 4.78 is 28.7. The van der Waals surface area contributed by atoms with E-state index < -0.39 is 10.0 Å². The van der Waals surface area contributed by atoms with E-state index in [0.29, 0.717) is 16.3 Å². The van der Waals surface area contributed by atoms with Crippen molar-refractivity contribution in [3.63, 3.8) is 0 Å². The fourth-order valence-electron chi connectivity index (χ4n) is 4.05. The molecule has 0 radical (unpaired) electrons. The summed E-state index contributed by atoms with van der Waals surface area (Å²) in [5, 5.41) is 3.37. The fraction of sp³-hybridized carbons (Fsp3) is 0.138. The van der Waals surface area contributed by atoms with Crippen LogP contribution in [-0.2, 0) is 16.6 Å². The van der Waals surface area contributed by atoms with Crippen LogP contribution in [0.4, 0.5) is 11.4 Å². The molecule has 0 heterocycles. The number of amides is 1. The van der Waals surface area contributed by atoms with E-state index >= 15 is 0 Å². The molecule has 0 spiro atoms. The SMILES string of the molecule is Cc1cc(C)cc(NC(=O)c2ccc(CN(c3cc(Cl)ccc3C)S(=O)(=O)c3ccccc3)cc2)c1. The van der Waals surface area contributed by atoms with Crippen LogP contribution >= 0.6 is 11.6 Å². The molecule has 0 aromatic heterocycles. The first-order valence-corrected chi connectivity index (χ1v) is 13.3. The normalized spacial score (nSPS) is 11.2. The average molecular weight is 519 g/mol. The topological polar surface area (TPSA) is 66.5 Å². The van der Waals surface area contributed by atoms with Crippen LogP contribution in [0.2, 0.25) is 5.02 Å². The molecule has 0 fully saturated rings. The minimum absolute atomic E-state index is 0.0807. The molecule has 1 amide bonds. The van der Waals surface area contributed by atoms with Gasteiger partial charge in [0.2, 0.25) is 0 Å². The highest BCUT2D eigenvalue weighted by molar-refractivity contribution is 7.92. The summed E-state index contributed by atoms with van der Waals surface area (Å²) in [6.07, 6.45) is 0. The van der Waals surface area contributed by atoms with E-state index in [4.69, 9.17) is 11.6 Å². The molecule has 184 valence electrons. The predicted molar refractivity (Wildman–Crippen MR) is 146 cm³/mol. The van der Waals surface area contributed by atoms with Crippen LogP contribution in [0.3, 0.4) is 0 Å². The van der Waals surface area contributed by atoms with Gasteiger partial charge in [-0.2, -0.15) is 0 Å². The van der Waals surface area contributed by atoms with Gasteiger partial charge in [-0.15, -0.1) is 0 Å². The van der Waals surface area contributed by atoms with Crippen molar-refractivity contribution in [3.8, 4) is 0 Å². The highest BCUT2D eigenvalue weighted by Gasteiger charge is 2.26. The van der Waals surface area contributed by atoms with Crippen molar-refractivity contribution in [1.82, 2.24) is 0 Å². The van der Waals surface area contributed by atoms with E-state index in [-0.39, 0.29) is 17.3 Å². The van der Waals surface area contributed by atoms with Crippen LogP contribution in [-0.4, -0.2) is 14.3 Å². The molecular formula is C29H27ClN2O3S. The van der Waals surface area contributed by atoms with E-state index in [0.717, 1.165) is 27.9 Å². The molecule has 0 unspecified atom stereocenters. The van der Waals surface area contributed by atoms with Crippen LogP contribution in [0.5, 0.6) is 0 Å². The number of hydrogen-bond donors (Lipinski definition) is 1. The van der Waals surface area contributed by atoms with Crippen LogP contribution in [0.15, 0.2) is 95.9 Å². The van der Waals surface area contributed by atoms with Crippen molar-refractivity contribution in [1.29, 1.82) is 0 Å². The van der Waals surface area contributed by atoms with Crippen molar-refractivity contribution in [2.75, 3.05) is 9.62 Å². The zero-order valence-electron chi connectivity index (χ0n) is 20.3. The maximum Gasteiger partial charge on any atom is 0.264 e. The average Bonchev–Trinajstić information content (AvgIpc) is 2.84. The Labute approximate surface area is 217 Å². The van der Waals surface area contributed by atoms with Gasteiger partial charge < -0.3 is 5.32 Å². The van der Waals surface area contributed by atoms with E-state index in [2.05, 4.69) is 5.32 Å². The molecule has 4 aromatic carbocycles. The van der Waals surface area contributed by atoms with Gasteiger partial charge in [-0.1, -0.05) is 54.1 Å². The molecule has 4 rings (SSSR count). The molecule has 0 saturated heterocycles. The number of carbonyl (C=O) groups excluding carboxylic acids is 1. The lowest BCUT2D eigenvalue weighted by atomic mass is 10.1. The summed E-state index contributed by atoms with van der Waals surface area (Å²) in [7, 11) is -3.87. The van der Waals surface area contributed by atoms with Crippen molar-refractivity contribution in [2.45, 2.75) is 32.2 Å². The second-order valence-corrected chi connectivity index (χ2v) is 11.1. The lowest BCUT2D eigenvalue weighted by molar-refractivity contribution is 0.102. The van der Waals surface area contributed by atoms with Gasteiger partial charge >= 0.3 is 0 Å². The van der Waals surface area contributed by atoms with Crippen LogP contribution in [0.1, 0.15) is 32.6 Å². The Kier molecular flexibility index (Phi) is 7.48. The number of halogens is 1. The van der Waals surface area contributed by atoms with E-state index in [1.165, 1.54) is 4.31 Å². The second-order valence-electron chi connectivity index (χ2n) is 8.78. The zero-order valence-corrected chi connectivity index (χ0v) is 21.9. The first-order valence-electron chi connectivity index (χ1n) is 11.5. The minimum Gasteiger partial charge on any atom is -0.322 e. The first kappa shape index (κ1) is 25.5.